The van der Waals surface area contributed by atoms with Crippen molar-refractivity contribution in [2.24, 2.45) is 0 Å². The lowest BCUT2D eigenvalue weighted by Gasteiger charge is -2.36. The first-order chi connectivity index (χ1) is 21.0. The third-order valence-electron chi connectivity index (χ3n) is 8.28. The Bertz CT molecular complexity index is 1320. The third kappa shape index (κ3) is 8.94. The third-order valence-corrected chi connectivity index (χ3v) is 8.28. The lowest BCUT2D eigenvalue weighted by Crippen LogP contribution is -2.41. The maximum atomic E-state index is 14.8. The van der Waals surface area contributed by atoms with Crippen molar-refractivity contribution in [1.82, 2.24) is 9.80 Å². The van der Waals surface area contributed by atoms with Crippen molar-refractivity contribution >= 4 is 0 Å². The highest BCUT2D eigenvalue weighted by atomic mass is 19.4. The van der Waals surface area contributed by atoms with Crippen LogP contribution in [-0.2, 0) is 6.42 Å². The van der Waals surface area contributed by atoms with Gasteiger partial charge in [-0.15, -0.1) is 0 Å². The van der Waals surface area contributed by atoms with E-state index in [0.717, 1.165) is 29.8 Å². The molecule has 1 fully saturated rings. The molecule has 0 bridgehead atoms. The highest BCUT2D eigenvalue weighted by Gasteiger charge is 2.45. The molecule has 0 N–H and O–H groups in total. The van der Waals surface area contributed by atoms with E-state index in [4.69, 9.17) is 4.74 Å². The Morgan fingerprint density at radius 2 is 1.30 bits per heavy atom. The molecule has 1 heterocycles. The summed E-state index contributed by atoms with van der Waals surface area (Å²) in [6, 6.07) is 34.3. The summed E-state index contributed by atoms with van der Waals surface area (Å²) in [7, 11) is 0. The van der Waals surface area contributed by atoms with Gasteiger partial charge in [0.15, 0.2) is 0 Å². The van der Waals surface area contributed by atoms with Gasteiger partial charge in [-0.1, -0.05) is 103 Å². The average Bonchev–Trinajstić information content (AvgIpc) is 3.55. The lowest BCUT2D eigenvalue weighted by atomic mass is 9.89. The van der Waals surface area contributed by atoms with Crippen molar-refractivity contribution in [3.8, 4) is 5.75 Å². The molecule has 226 valence electrons. The topological polar surface area (TPSA) is 15.7 Å². The first-order valence-corrected chi connectivity index (χ1v) is 15.4. The van der Waals surface area contributed by atoms with Crippen LogP contribution in [0.1, 0.15) is 53.5 Å². The molecule has 5 rings (SSSR count). The van der Waals surface area contributed by atoms with Crippen LogP contribution in [-0.4, -0.2) is 55.3 Å². The van der Waals surface area contributed by atoms with Crippen molar-refractivity contribution in [2.45, 2.75) is 43.8 Å². The van der Waals surface area contributed by atoms with E-state index in [-0.39, 0.29) is 24.6 Å². The maximum absolute atomic E-state index is 14.8. The number of nitrogens with zero attached hydrogens (tertiary/aromatic N) is 2. The normalized spacial score (nSPS) is 14.8. The molecule has 0 spiro atoms. The molecule has 4 aromatic carbocycles. The van der Waals surface area contributed by atoms with Crippen LogP contribution in [0.4, 0.5) is 13.2 Å². The number of benzene rings is 4. The van der Waals surface area contributed by atoms with Crippen molar-refractivity contribution in [3.63, 3.8) is 0 Å². The van der Waals surface area contributed by atoms with Crippen LogP contribution in [0.3, 0.4) is 0 Å². The predicted octanol–water partition coefficient (Wildman–Crippen LogP) is 8.53. The molecule has 0 saturated carbocycles. The van der Waals surface area contributed by atoms with E-state index in [1.54, 1.807) is 35.2 Å². The van der Waals surface area contributed by atoms with Crippen molar-refractivity contribution in [2.75, 3.05) is 39.3 Å². The summed E-state index contributed by atoms with van der Waals surface area (Å²) in [6.07, 6.45) is -0.457. The summed E-state index contributed by atoms with van der Waals surface area (Å²) >= 11 is 0. The Morgan fingerprint density at radius 3 is 1.88 bits per heavy atom. The molecule has 1 unspecified atom stereocenters. The number of halogens is 3. The minimum Gasteiger partial charge on any atom is -0.494 e. The van der Waals surface area contributed by atoms with Gasteiger partial charge < -0.3 is 9.64 Å². The highest BCUT2D eigenvalue weighted by molar-refractivity contribution is 5.33. The van der Waals surface area contributed by atoms with Gasteiger partial charge in [-0.2, -0.15) is 13.2 Å². The average molecular weight is 587 g/mol. The molecule has 1 aliphatic rings. The molecule has 0 radical (unpaired) electrons. The summed E-state index contributed by atoms with van der Waals surface area (Å²) < 4.78 is 50.6. The van der Waals surface area contributed by atoms with Crippen LogP contribution < -0.4 is 4.74 Å². The second-order valence-electron chi connectivity index (χ2n) is 11.4. The zero-order valence-corrected chi connectivity index (χ0v) is 24.6. The molecule has 4 aromatic rings. The summed E-state index contributed by atoms with van der Waals surface area (Å²) in [5.74, 6) is 0.552. The fraction of sp³-hybridized carbons (Fsp3) is 0.351. The van der Waals surface area contributed by atoms with Crippen LogP contribution in [0.2, 0.25) is 0 Å². The minimum absolute atomic E-state index is 0.218. The van der Waals surface area contributed by atoms with Gasteiger partial charge in [0.25, 0.3) is 0 Å². The molecule has 0 aromatic heterocycles. The summed E-state index contributed by atoms with van der Waals surface area (Å²) in [6.45, 7) is 4.18. The summed E-state index contributed by atoms with van der Waals surface area (Å²) in [5.41, 5.74) is 3.46. The molecule has 0 amide bonds. The number of alkyl halides is 3. The second-order valence-corrected chi connectivity index (χ2v) is 11.4. The van der Waals surface area contributed by atoms with Gasteiger partial charge in [-0.05, 0) is 73.2 Å². The van der Waals surface area contributed by atoms with E-state index >= 15 is 0 Å². The first-order valence-electron chi connectivity index (χ1n) is 15.4. The Labute approximate surface area is 253 Å². The predicted molar refractivity (Wildman–Crippen MR) is 167 cm³/mol. The molecule has 43 heavy (non-hydrogen) atoms. The molecular weight excluding hydrogens is 545 g/mol. The number of rotatable bonds is 14. The highest BCUT2D eigenvalue weighted by Crippen LogP contribution is 2.40. The zero-order chi connectivity index (χ0) is 29.9. The number of hydrogen-bond acceptors (Lipinski definition) is 3. The van der Waals surface area contributed by atoms with E-state index in [2.05, 4.69) is 17.0 Å². The lowest BCUT2D eigenvalue weighted by molar-refractivity contribution is -0.187. The molecule has 6 heteroatoms. The monoisotopic (exact) mass is 586 g/mol. The maximum Gasteiger partial charge on any atom is 0.408 e. The molecule has 1 aliphatic heterocycles. The van der Waals surface area contributed by atoms with Crippen LogP contribution in [0.25, 0.3) is 0 Å². The van der Waals surface area contributed by atoms with Crippen molar-refractivity contribution in [1.29, 1.82) is 0 Å². The Balaban J connectivity index is 1.32. The number of likely N-dealkylation sites (tertiary alicyclic amines) is 1. The van der Waals surface area contributed by atoms with Gasteiger partial charge in [-0.25, -0.2) is 0 Å². The largest absolute Gasteiger partial charge is 0.494 e. The van der Waals surface area contributed by atoms with Gasteiger partial charge in [-0.3, -0.25) is 4.90 Å². The zero-order valence-electron chi connectivity index (χ0n) is 24.6. The van der Waals surface area contributed by atoms with Crippen LogP contribution in [0.5, 0.6) is 5.75 Å². The quantitative estimate of drug-likeness (QED) is 0.138. The Hall–Kier alpha value is -3.61. The van der Waals surface area contributed by atoms with E-state index in [0.29, 0.717) is 13.0 Å². The fourth-order valence-electron chi connectivity index (χ4n) is 6.12. The summed E-state index contributed by atoms with van der Waals surface area (Å²) in [4.78, 5) is 4.08. The van der Waals surface area contributed by atoms with Crippen molar-refractivity contribution < 1.29 is 17.9 Å². The van der Waals surface area contributed by atoms with Gasteiger partial charge in [0.1, 0.15) is 11.8 Å². The molecule has 0 aliphatic carbocycles. The smallest absolute Gasteiger partial charge is 0.408 e. The van der Waals surface area contributed by atoms with Crippen molar-refractivity contribution in [3.05, 3.63) is 138 Å². The first kappa shape index (κ1) is 30.8. The molecule has 3 nitrogen and oxygen atoms in total. The SMILES string of the molecule is FC(F)(F)C(c1ccccc1)N(CCCOc1cccc(CCN2CCCC2)c1)CC(c1ccccc1)c1ccccc1. The molecule has 1 atom stereocenters. The van der Waals surface area contributed by atoms with E-state index in [9.17, 15) is 13.2 Å². The van der Waals surface area contributed by atoms with Crippen LogP contribution in [0, 0.1) is 0 Å². The Morgan fingerprint density at radius 1 is 0.721 bits per heavy atom. The number of ether oxygens (including phenoxy) is 1. The standard InChI is InChI=1S/C37H41F3N2O/c38-37(39,40)36(33-19-8-3-9-20-33)42(29-35(31-15-4-1-5-16-31)32-17-6-2-7-18-32)25-13-27-43-34-21-12-14-30(28-34)22-26-41-23-10-11-24-41/h1-9,12,14-21,28,35-36H,10-11,13,22-27,29H2. The van der Waals surface area contributed by atoms with E-state index in [1.165, 1.54) is 31.5 Å². The molecule has 1 saturated heterocycles. The fourth-order valence-corrected chi connectivity index (χ4v) is 6.12. The number of hydrogen-bond donors (Lipinski definition) is 0. The Kier molecular flexibility index (Phi) is 10.9. The van der Waals surface area contributed by atoms with Crippen LogP contribution >= 0.6 is 0 Å². The minimum atomic E-state index is -4.44. The van der Waals surface area contributed by atoms with Crippen LogP contribution in [0.15, 0.2) is 115 Å². The van der Waals surface area contributed by atoms with Gasteiger partial charge in [0, 0.05) is 25.6 Å². The molecular formula is C37H41F3N2O. The summed E-state index contributed by atoms with van der Waals surface area (Å²) in [5, 5.41) is 0. The van der Waals surface area contributed by atoms with Gasteiger partial charge in [0.05, 0.1) is 6.61 Å². The van der Waals surface area contributed by atoms with Gasteiger partial charge in [0.2, 0.25) is 0 Å². The van der Waals surface area contributed by atoms with E-state index < -0.39 is 12.2 Å². The second kappa shape index (κ2) is 15.2. The van der Waals surface area contributed by atoms with E-state index in [1.807, 2.05) is 72.8 Å². The van der Waals surface area contributed by atoms with Gasteiger partial charge >= 0.3 is 6.18 Å².